The summed E-state index contributed by atoms with van der Waals surface area (Å²) in [5.41, 5.74) is 0. The van der Waals surface area contributed by atoms with Crippen LogP contribution in [0.1, 0.15) is 6.42 Å². The molecule has 3 nitrogen and oxygen atoms in total. The lowest BCUT2D eigenvalue weighted by atomic mass is 10.2. The van der Waals surface area contributed by atoms with Crippen molar-refractivity contribution in [1.82, 2.24) is 0 Å². The molecule has 0 amide bonds. The molecule has 1 fully saturated rings. The van der Waals surface area contributed by atoms with Crippen molar-refractivity contribution in [3.63, 3.8) is 0 Å². The lowest BCUT2D eigenvalue weighted by molar-refractivity contribution is 0.0536. The van der Waals surface area contributed by atoms with Crippen LogP contribution in [0.3, 0.4) is 0 Å². The van der Waals surface area contributed by atoms with Crippen molar-refractivity contribution in [1.29, 1.82) is 0 Å². The highest BCUT2D eigenvalue weighted by Gasteiger charge is 2.28. The van der Waals surface area contributed by atoms with Crippen LogP contribution in [0.2, 0.25) is 0 Å². The molecule has 1 saturated heterocycles. The van der Waals surface area contributed by atoms with Crippen LogP contribution in [0.25, 0.3) is 0 Å². The van der Waals surface area contributed by atoms with Crippen LogP contribution in [-0.4, -0.2) is 25.0 Å². The molecule has 8 heavy (non-hydrogen) atoms. The number of rotatable bonds is 0. The summed E-state index contributed by atoms with van der Waals surface area (Å²) in [4.78, 5) is 4.91. The Hall–Kier alpha value is -0.570. The Morgan fingerprint density at radius 1 is 1.62 bits per heavy atom. The third kappa shape index (κ3) is 0.512. The van der Waals surface area contributed by atoms with Gasteiger partial charge in [0.2, 0.25) is 0 Å². The van der Waals surface area contributed by atoms with E-state index in [0.29, 0.717) is 6.61 Å². The summed E-state index contributed by atoms with van der Waals surface area (Å²) in [6.45, 7) is 0.713. The minimum absolute atomic E-state index is 0.241. The van der Waals surface area contributed by atoms with Crippen LogP contribution in [0.4, 0.5) is 0 Å². The van der Waals surface area contributed by atoms with Gasteiger partial charge in [-0.25, -0.2) is 0 Å². The zero-order valence-corrected chi connectivity index (χ0v) is 4.41. The molecule has 3 heteroatoms. The van der Waals surface area contributed by atoms with Gasteiger partial charge in [-0.1, -0.05) is 5.16 Å². The van der Waals surface area contributed by atoms with Crippen molar-refractivity contribution in [2.75, 3.05) is 6.61 Å². The van der Waals surface area contributed by atoms with Gasteiger partial charge in [0.25, 0.3) is 0 Å². The summed E-state index contributed by atoms with van der Waals surface area (Å²) < 4.78 is 5.20. The molecule has 0 N–H and O–H groups in total. The molecular formula is C5H7NO2. The second kappa shape index (κ2) is 1.45. The summed E-state index contributed by atoms with van der Waals surface area (Å²) in [5, 5.41) is 3.65. The molecule has 2 aliphatic heterocycles. The molecule has 0 aromatic heterocycles. The molecular weight excluding hydrogens is 106 g/mol. The van der Waals surface area contributed by atoms with Crippen LogP contribution < -0.4 is 0 Å². The molecule has 0 aliphatic carbocycles. The highest BCUT2D eigenvalue weighted by atomic mass is 16.7. The van der Waals surface area contributed by atoms with E-state index in [9.17, 15) is 0 Å². The first kappa shape index (κ1) is 4.32. The number of hydrogen-bond acceptors (Lipinski definition) is 3. The Bertz CT molecular complexity index is 124. The third-order valence-electron chi connectivity index (χ3n) is 1.43. The number of hydrogen-bond donors (Lipinski definition) is 0. The largest absolute Gasteiger partial charge is 0.390 e. The van der Waals surface area contributed by atoms with E-state index in [1.807, 2.05) is 0 Å². The highest BCUT2D eigenvalue weighted by molar-refractivity contribution is 5.63. The first-order valence-corrected chi connectivity index (χ1v) is 2.76. The van der Waals surface area contributed by atoms with Crippen molar-refractivity contribution in [3.05, 3.63) is 0 Å². The van der Waals surface area contributed by atoms with E-state index >= 15 is 0 Å². The molecule has 2 unspecified atom stereocenters. The minimum Gasteiger partial charge on any atom is -0.390 e. The van der Waals surface area contributed by atoms with Gasteiger partial charge in [0, 0.05) is 6.42 Å². The van der Waals surface area contributed by atoms with E-state index in [1.165, 1.54) is 0 Å². The molecule has 2 rings (SSSR count). The number of nitrogens with zero attached hydrogens (tertiary/aromatic N) is 1. The third-order valence-corrected chi connectivity index (χ3v) is 1.43. The van der Waals surface area contributed by atoms with Crippen molar-refractivity contribution >= 4 is 6.21 Å². The highest BCUT2D eigenvalue weighted by Crippen LogP contribution is 2.18. The predicted octanol–water partition coefficient (Wildman–Crippen LogP) is 0.160. The molecule has 2 heterocycles. The first-order chi connectivity index (χ1) is 3.95. The second-order valence-electron chi connectivity index (χ2n) is 2.09. The molecule has 0 aromatic carbocycles. The Morgan fingerprint density at radius 2 is 2.62 bits per heavy atom. The van der Waals surface area contributed by atoms with Crippen LogP contribution in [0.15, 0.2) is 5.16 Å². The average Bonchev–Trinajstić information content (AvgIpc) is 2.12. The summed E-state index contributed by atoms with van der Waals surface area (Å²) in [7, 11) is 0. The average molecular weight is 113 g/mol. The lowest BCUT2D eigenvalue weighted by Crippen LogP contribution is -2.15. The summed E-state index contributed by atoms with van der Waals surface area (Å²) in [6, 6.07) is 0. The fourth-order valence-electron chi connectivity index (χ4n) is 0.993. The van der Waals surface area contributed by atoms with Crippen LogP contribution in [0.5, 0.6) is 0 Å². The Balaban J connectivity index is 2.17. The van der Waals surface area contributed by atoms with Gasteiger partial charge < -0.3 is 9.57 Å². The van der Waals surface area contributed by atoms with Gasteiger partial charge in [-0.3, -0.25) is 0 Å². The number of fused-ring (bicyclic) bond motifs is 2. The van der Waals surface area contributed by atoms with Gasteiger partial charge in [-0.15, -0.1) is 0 Å². The van der Waals surface area contributed by atoms with E-state index in [4.69, 9.17) is 9.57 Å². The van der Waals surface area contributed by atoms with Crippen molar-refractivity contribution < 1.29 is 9.57 Å². The van der Waals surface area contributed by atoms with E-state index in [0.717, 1.165) is 6.42 Å². The molecule has 2 atom stereocenters. The van der Waals surface area contributed by atoms with Gasteiger partial charge in [-0.05, 0) is 0 Å². The molecule has 0 radical (unpaired) electrons. The summed E-state index contributed by atoms with van der Waals surface area (Å²) in [6.07, 6.45) is 3.19. The van der Waals surface area contributed by atoms with E-state index in [1.54, 1.807) is 6.21 Å². The van der Waals surface area contributed by atoms with Gasteiger partial charge in [0.15, 0.2) is 6.10 Å². The van der Waals surface area contributed by atoms with Gasteiger partial charge in [-0.2, -0.15) is 0 Å². The smallest absolute Gasteiger partial charge is 0.153 e. The first-order valence-electron chi connectivity index (χ1n) is 2.76. The molecule has 2 bridgehead atoms. The Morgan fingerprint density at radius 3 is 3.38 bits per heavy atom. The van der Waals surface area contributed by atoms with Crippen molar-refractivity contribution in [2.24, 2.45) is 5.16 Å². The quantitative estimate of drug-likeness (QED) is 0.448. The zero-order valence-electron chi connectivity index (χ0n) is 4.41. The standard InChI is InChI=1S/C5H7NO2/c1-4-2-6-8-5(1)3-7-4/h2,4-5H,1,3H2. The summed E-state index contributed by atoms with van der Waals surface area (Å²) in [5.74, 6) is 0. The van der Waals surface area contributed by atoms with Crippen LogP contribution in [0, 0.1) is 0 Å². The molecule has 0 aromatic rings. The van der Waals surface area contributed by atoms with E-state index in [-0.39, 0.29) is 12.2 Å². The van der Waals surface area contributed by atoms with Crippen LogP contribution in [-0.2, 0) is 9.57 Å². The van der Waals surface area contributed by atoms with Crippen LogP contribution >= 0.6 is 0 Å². The Kier molecular flexibility index (Phi) is 0.784. The fourth-order valence-corrected chi connectivity index (χ4v) is 0.993. The SMILES string of the molecule is C1=NOC2COC1C2. The van der Waals surface area contributed by atoms with Gasteiger partial charge >= 0.3 is 0 Å². The van der Waals surface area contributed by atoms with E-state index < -0.39 is 0 Å². The lowest BCUT2D eigenvalue weighted by Gasteiger charge is -2.08. The maximum absolute atomic E-state index is 5.20. The Labute approximate surface area is 47.3 Å². The summed E-state index contributed by atoms with van der Waals surface area (Å²) >= 11 is 0. The normalized spacial score (nSPS) is 42.0. The van der Waals surface area contributed by atoms with Crippen molar-refractivity contribution in [2.45, 2.75) is 18.6 Å². The van der Waals surface area contributed by atoms with Gasteiger partial charge in [0.1, 0.15) is 0 Å². The predicted molar refractivity (Wildman–Crippen MR) is 27.7 cm³/mol. The van der Waals surface area contributed by atoms with E-state index in [2.05, 4.69) is 5.16 Å². The maximum Gasteiger partial charge on any atom is 0.153 e. The number of ether oxygens (including phenoxy) is 1. The van der Waals surface area contributed by atoms with Crippen molar-refractivity contribution in [3.8, 4) is 0 Å². The zero-order chi connectivity index (χ0) is 5.40. The monoisotopic (exact) mass is 113 g/mol. The molecule has 2 aliphatic rings. The second-order valence-corrected chi connectivity index (χ2v) is 2.09. The topological polar surface area (TPSA) is 30.8 Å². The van der Waals surface area contributed by atoms with Gasteiger partial charge in [0.05, 0.1) is 18.9 Å². The number of oxime groups is 1. The minimum atomic E-state index is 0.241. The maximum atomic E-state index is 5.20. The molecule has 44 valence electrons. The molecule has 0 spiro atoms. The fraction of sp³-hybridized carbons (Fsp3) is 0.800. The molecule has 0 saturated carbocycles.